The van der Waals surface area contributed by atoms with Crippen LogP contribution in [0.1, 0.15) is 49.2 Å². The molecule has 0 atom stereocenters. The van der Waals surface area contributed by atoms with Crippen LogP contribution in [0, 0.1) is 12.8 Å². The molecule has 0 aliphatic heterocycles. The highest BCUT2D eigenvalue weighted by Gasteiger charge is 2.09. The quantitative estimate of drug-likeness (QED) is 0.586. The van der Waals surface area contributed by atoms with E-state index < -0.39 is 0 Å². The minimum atomic E-state index is 0.259. The van der Waals surface area contributed by atoms with E-state index in [4.69, 9.17) is 10.2 Å². The number of benzene rings is 2. The van der Waals surface area contributed by atoms with Gasteiger partial charge < -0.3 is 5.11 Å². The van der Waals surface area contributed by atoms with E-state index in [9.17, 15) is 0 Å². The van der Waals surface area contributed by atoms with E-state index in [0.29, 0.717) is 5.92 Å². The molecular formula is C23H30N2O. The van der Waals surface area contributed by atoms with Gasteiger partial charge in [0.2, 0.25) is 0 Å². The number of unbranched alkanes of at least 4 members (excludes halogenated alkanes) is 1. The zero-order valence-corrected chi connectivity index (χ0v) is 16.2. The number of rotatable bonds is 8. The highest BCUT2D eigenvalue weighted by molar-refractivity contribution is 5.86. The minimum absolute atomic E-state index is 0.259. The van der Waals surface area contributed by atoms with E-state index in [1.807, 2.05) is 0 Å². The van der Waals surface area contributed by atoms with Crippen molar-refractivity contribution in [3.8, 4) is 0 Å². The Morgan fingerprint density at radius 3 is 2.69 bits per heavy atom. The first-order chi connectivity index (χ1) is 12.6. The molecule has 0 saturated carbocycles. The van der Waals surface area contributed by atoms with Crippen LogP contribution in [-0.2, 0) is 19.4 Å². The van der Waals surface area contributed by atoms with Gasteiger partial charge in [-0.3, -0.25) is 4.68 Å². The number of aliphatic hydroxyl groups is 1. The molecule has 138 valence electrons. The van der Waals surface area contributed by atoms with Gasteiger partial charge in [0.25, 0.3) is 0 Å². The molecule has 3 aromatic rings. The number of aromatic nitrogens is 2. The standard InChI is InChI=1S/C23H30N2O/c1-17(2)13-19-10-11-20-7-6-8-21(23(20)15-19)16-25-22(9-4-5-12-26)14-18(3)24-25/h6-8,10-11,14-15,17,26H,4-5,9,12-13,16H2,1-3H3. The van der Waals surface area contributed by atoms with Crippen LogP contribution in [0.3, 0.4) is 0 Å². The van der Waals surface area contributed by atoms with Crippen molar-refractivity contribution < 1.29 is 5.11 Å². The number of aliphatic hydroxyl groups excluding tert-OH is 1. The maximum Gasteiger partial charge on any atom is 0.0668 e. The van der Waals surface area contributed by atoms with Crippen molar-refractivity contribution in [3.63, 3.8) is 0 Å². The summed E-state index contributed by atoms with van der Waals surface area (Å²) in [5.74, 6) is 0.659. The third kappa shape index (κ3) is 4.53. The molecule has 3 nitrogen and oxygen atoms in total. The summed E-state index contributed by atoms with van der Waals surface area (Å²) in [7, 11) is 0. The van der Waals surface area contributed by atoms with Crippen LogP contribution in [0.4, 0.5) is 0 Å². The van der Waals surface area contributed by atoms with Gasteiger partial charge in [-0.05, 0) is 66.5 Å². The average molecular weight is 351 g/mol. The lowest BCUT2D eigenvalue weighted by Gasteiger charge is -2.12. The molecule has 0 aliphatic carbocycles. The van der Waals surface area contributed by atoms with E-state index in [-0.39, 0.29) is 6.61 Å². The van der Waals surface area contributed by atoms with Gasteiger partial charge in [-0.25, -0.2) is 0 Å². The van der Waals surface area contributed by atoms with E-state index in [0.717, 1.165) is 37.9 Å². The van der Waals surface area contributed by atoms with Crippen molar-refractivity contribution in [1.82, 2.24) is 9.78 Å². The van der Waals surface area contributed by atoms with Gasteiger partial charge in [0, 0.05) is 12.3 Å². The molecule has 0 spiro atoms. The zero-order chi connectivity index (χ0) is 18.5. The number of hydrogen-bond acceptors (Lipinski definition) is 2. The van der Waals surface area contributed by atoms with Gasteiger partial charge in [0.15, 0.2) is 0 Å². The summed E-state index contributed by atoms with van der Waals surface area (Å²) in [5, 5.41) is 16.4. The van der Waals surface area contributed by atoms with Crippen molar-refractivity contribution in [1.29, 1.82) is 0 Å². The summed E-state index contributed by atoms with van der Waals surface area (Å²) in [4.78, 5) is 0. The van der Waals surface area contributed by atoms with Crippen LogP contribution in [0.5, 0.6) is 0 Å². The molecule has 0 bridgehead atoms. The Balaban J connectivity index is 1.91. The molecule has 3 heteroatoms. The molecule has 0 amide bonds. The van der Waals surface area contributed by atoms with E-state index >= 15 is 0 Å². The molecule has 0 unspecified atom stereocenters. The fourth-order valence-electron chi connectivity index (χ4n) is 3.64. The second-order valence-electron chi connectivity index (χ2n) is 7.69. The molecule has 0 aliphatic rings. The topological polar surface area (TPSA) is 38.0 Å². The van der Waals surface area contributed by atoms with Crippen molar-refractivity contribution >= 4 is 10.8 Å². The Bertz CT molecular complexity index is 864. The Morgan fingerprint density at radius 2 is 1.92 bits per heavy atom. The van der Waals surface area contributed by atoms with Crippen molar-refractivity contribution in [2.75, 3.05) is 6.61 Å². The van der Waals surface area contributed by atoms with Crippen LogP contribution in [0.15, 0.2) is 42.5 Å². The van der Waals surface area contributed by atoms with Crippen LogP contribution in [0.2, 0.25) is 0 Å². The number of fused-ring (bicyclic) bond motifs is 1. The van der Waals surface area contributed by atoms with Gasteiger partial charge >= 0.3 is 0 Å². The lowest BCUT2D eigenvalue weighted by Crippen LogP contribution is -2.07. The summed E-state index contributed by atoms with van der Waals surface area (Å²) in [6.07, 6.45) is 3.91. The second kappa shape index (κ2) is 8.50. The molecule has 0 fully saturated rings. The van der Waals surface area contributed by atoms with E-state index in [1.165, 1.54) is 27.6 Å². The Morgan fingerprint density at radius 1 is 1.08 bits per heavy atom. The highest BCUT2D eigenvalue weighted by Crippen LogP contribution is 2.23. The zero-order valence-electron chi connectivity index (χ0n) is 16.2. The summed E-state index contributed by atoms with van der Waals surface area (Å²) in [6, 6.07) is 15.6. The fourth-order valence-corrected chi connectivity index (χ4v) is 3.64. The first-order valence-corrected chi connectivity index (χ1v) is 9.71. The Hall–Kier alpha value is -2.13. The van der Waals surface area contributed by atoms with Crippen LogP contribution >= 0.6 is 0 Å². The van der Waals surface area contributed by atoms with Crippen molar-refractivity contribution in [3.05, 3.63) is 65.0 Å². The fraction of sp³-hybridized carbons (Fsp3) is 0.435. The number of hydrogen-bond donors (Lipinski definition) is 1. The Labute approximate surface area is 156 Å². The van der Waals surface area contributed by atoms with E-state index in [1.54, 1.807) is 0 Å². The minimum Gasteiger partial charge on any atom is -0.396 e. The number of nitrogens with zero attached hydrogens (tertiary/aromatic N) is 2. The molecule has 1 aromatic heterocycles. The lowest BCUT2D eigenvalue weighted by molar-refractivity contribution is 0.284. The first kappa shape index (κ1) is 18.7. The molecule has 26 heavy (non-hydrogen) atoms. The third-order valence-corrected chi connectivity index (χ3v) is 4.83. The maximum absolute atomic E-state index is 9.04. The molecule has 1 N–H and O–H groups in total. The predicted octanol–water partition coefficient (Wildman–Crippen LogP) is 4.91. The first-order valence-electron chi connectivity index (χ1n) is 9.71. The highest BCUT2D eigenvalue weighted by atomic mass is 16.2. The summed E-state index contributed by atoms with van der Waals surface area (Å²) in [5.41, 5.74) is 5.04. The van der Waals surface area contributed by atoms with Crippen molar-refractivity contribution in [2.24, 2.45) is 5.92 Å². The molecular weight excluding hydrogens is 320 g/mol. The second-order valence-corrected chi connectivity index (χ2v) is 7.69. The monoisotopic (exact) mass is 350 g/mol. The van der Waals surface area contributed by atoms with Gasteiger partial charge in [0.1, 0.15) is 0 Å². The van der Waals surface area contributed by atoms with Gasteiger partial charge in [-0.2, -0.15) is 5.10 Å². The smallest absolute Gasteiger partial charge is 0.0668 e. The van der Waals surface area contributed by atoms with Crippen LogP contribution < -0.4 is 0 Å². The molecule has 0 saturated heterocycles. The normalized spacial score (nSPS) is 11.6. The molecule has 1 heterocycles. The van der Waals surface area contributed by atoms with Crippen LogP contribution in [-0.4, -0.2) is 21.5 Å². The molecule has 0 radical (unpaired) electrons. The predicted molar refractivity (Wildman–Crippen MR) is 109 cm³/mol. The average Bonchev–Trinajstić information content (AvgIpc) is 2.94. The summed E-state index contributed by atoms with van der Waals surface area (Å²) in [6.45, 7) is 7.64. The lowest BCUT2D eigenvalue weighted by atomic mass is 9.97. The van der Waals surface area contributed by atoms with Crippen LogP contribution in [0.25, 0.3) is 10.8 Å². The summed E-state index contributed by atoms with van der Waals surface area (Å²) >= 11 is 0. The number of aryl methyl sites for hydroxylation is 2. The third-order valence-electron chi connectivity index (χ3n) is 4.83. The van der Waals surface area contributed by atoms with Gasteiger partial charge in [-0.15, -0.1) is 0 Å². The van der Waals surface area contributed by atoms with Gasteiger partial charge in [-0.1, -0.05) is 50.2 Å². The largest absolute Gasteiger partial charge is 0.396 e. The van der Waals surface area contributed by atoms with Crippen molar-refractivity contribution in [2.45, 2.75) is 53.0 Å². The van der Waals surface area contributed by atoms with E-state index in [2.05, 4.69) is 67.9 Å². The van der Waals surface area contributed by atoms with Gasteiger partial charge in [0.05, 0.1) is 12.2 Å². The SMILES string of the molecule is Cc1cc(CCCCO)n(Cc2cccc3ccc(CC(C)C)cc23)n1. The molecule has 3 rings (SSSR count). The summed E-state index contributed by atoms with van der Waals surface area (Å²) < 4.78 is 2.14. The maximum atomic E-state index is 9.04. The Kier molecular flexibility index (Phi) is 6.10. The molecule has 2 aromatic carbocycles.